The number of amides is 1. The Morgan fingerprint density at radius 2 is 1.63 bits per heavy atom. The number of benzene rings is 2. The lowest BCUT2D eigenvalue weighted by Gasteiger charge is -2.03. The second-order valence-electron chi connectivity index (χ2n) is 5.92. The van der Waals surface area contributed by atoms with Crippen molar-refractivity contribution in [3.63, 3.8) is 0 Å². The minimum atomic E-state index is -0.274. The smallest absolute Gasteiger partial charge is 0.288 e. The molecule has 4 rings (SSSR count). The molecule has 0 radical (unpaired) electrons. The first-order valence-electron chi connectivity index (χ1n) is 8.52. The SMILES string of the molecule is O=C(NN=Cc1cccs1)c1[nH]c(-c2ccccc2)cc1-c1ccccc1. The molecule has 2 N–H and O–H groups in total. The summed E-state index contributed by atoms with van der Waals surface area (Å²) < 4.78 is 0. The Morgan fingerprint density at radius 3 is 2.30 bits per heavy atom. The zero-order valence-electron chi connectivity index (χ0n) is 14.4. The molecular formula is C22H17N3OS. The summed E-state index contributed by atoms with van der Waals surface area (Å²) in [5, 5.41) is 6.04. The molecule has 0 aliphatic heterocycles. The molecule has 0 atom stereocenters. The van der Waals surface area contributed by atoms with Gasteiger partial charge in [0.15, 0.2) is 0 Å². The van der Waals surface area contributed by atoms with Crippen LogP contribution in [0.4, 0.5) is 0 Å². The van der Waals surface area contributed by atoms with Crippen molar-refractivity contribution >= 4 is 23.5 Å². The van der Waals surface area contributed by atoms with Gasteiger partial charge in [-0.2, -0.15) is 5.10 Å². The van der Waals surface area contributed by atoms with Gasteiger partial charge in [-0.3, -0.25) is 4.79 Å². The van der Waals surface area contributed by atoms with Crippen molar-refractivity contribution in [1.29, 1.82) is 0 Å². The zero-order valence-corrected chi connectivity index (χ0v) is 15.2. The van der Waals surface area contributed by atoms with Gasteiger partial charge in [-0.15, -0.1) is 11.3 Å². The van der Waals surface area contributed by atoms with Crippen LogP contribution in [0.25, 0.3) is 22.4 Å². The molecule has 0 bridgehead atoms. The van der Waals surface area contributed by atoms with Crippen LogP contribution in [0.2, 0.25) is 0 Å². The van der Waals surface area contributed by atoms with Crippen LogP contribution in [0.1, 0.15) is 15.4 Å². The van der Waals surface area contributed by atoms with Gasteiger partial charge in [-0.05, 0) is 28.6 Å². The number of rotatable bonds is 5. The van der Waals surface area contributed by atoms with E-state index in [1.54, 1.807) is 17.6 Å². The lowest BCUT2D eigenvalue weighted by molar-refractivity contribution is 0.0951. The van der Waals surface area contributed by atoms with Crippen molar-refractivity contribution < 1.29 is 4.79 Å². The largest absolute Gasteiger partial charge is 0.350 e. The Bertz CT molecular complexity index is 1050. The molecule has 2 heterocycles. The predicted octanol–water partition coefficient (Wildman–Crippen LogP) is 5.17. The van der Waals surface area contributed by atoms with Crippen molar-refractivity contribution in [2.24, 2.45) is 5.10 Å². The summed E-state index contributed by atoms with van der Waals surface area (Å²) in [6.45, 7) is 0. The van der Waals surface area contributed by atoms with E-state index in [9.17, 15) is 4.79 Å². The molecular weight excluding hydrogens is 354 g/mol. The fraction of sp³-hybridized carbons (Fsp3) is 0. The van der Waals surface area contributed by atoms with Gasteiger partial charge in [0.05, 0.1) is 6.21 Å². The van der Waals surface area contributed by atoms with Crippen molar-refractivity contribution in [2.75, 3.05) is 0 Å². The van der Waals surface area contributed by atoms with Crippen LogP contribution >= 0.6 is 11.3 Å². The zero-order chi connectivity index (χ0) is 18.5. The minimum Gasteiger partial charge on any atom is -0.350 e. The molecule has 0 aliphatic rings. The van der Waals surface area contributed by atoms with Crippen molar-refractivity contribution in [3.8, 4) is 22.4 Å². The lowest BCUT2D eigenvalue weighted by Crippen LogP contribution is -2.18. The van der Waals surface area contributed by atoms with Crippen LogP contribution in [0.3, 0.4) is 0 Å². The number of nitrogens with zero attached hydrogens (tertiary/aromatic N) is 1. The van der Waals surface area contributed by atoms with E-state index in [4.69, 9.17) is 0 Å². The number of H-pyrrole nitrogens is 1. The summed E-state index contributed by atoms with van der Waals surface area (Å²) in [7, 11) is 0. The number of hydrazone groups is 1. The van der Waals surface area contributed by atoms with Gasteiger partial charge < -0.3 is 4.98 Å². The molecule has 0 saturated carbocycles. The molecule has 5 heteroatoms. The highest BCUT2D eigenvalue weighted by atomic mass is 32.1. The van der Waals surface area contributed by atoms with Crippen LogP contribution in [-0.4, -0.2) is 17.1 Å². The number of carbonyl (C=O) groups is 1. The van der Waals surface area contributed by atoms with Crippen LogP contribution < -0.4 is 5.43 Å². The third-order valence-corrected chi connectivity index (χ3v) is 4.92. The normalized spacial score (nSPS) is 11.0. The molecule has 2 aromatic carbocycles. The Balaban J connectivity index is 1.67. The topological polar surface area (TPSA) is 57.2 Å². The maximum atomic E-state index is 12.8. The Kier molecular flexibility index (Phi) is 4.94. The quantitative estimate of drug-likeness (QED) is 0.369. The fourth-order valence-corrected chi connectivity index (χ4v) is 3.41. The number of hydrogen-bond acceptors (Lipinski definition) is 3. The standard InChI is InChI=1S/C22H17N3OS/c26-22(25-23-15-18-12-7-13-27-18)21-19(16-8-3-1-4-9-16)14-20(24-21)17-10-5-2-6-11-17/h1-15,24H,(H,25,26). The summed E-state index contributed by atoms with van der Waals surface area (Å²) in [6.07, 6.45) is 1.64. The average molecular weight is 371 g/mol. The monoisotopic (exact) mass is 371 g/mol. The van der Waals surface area contributed by atoms with E-state index in [-0.39, 0.29) is 5.91 Å². The first kappa shape index (κ1) is 17.0. The van der Waals surface area contributed by atoms with Crippen molar-refractivity contribution in [1.82, 2.24) is 10.4 Å². The summed E-state index contributed by atoms with van der Waals surface area (Å²) in [4.78, 5) is 17.0. The molecule has 4 nitrogen and oxygen atoms in total. The molecule has 132 valence electrons. The average Bonchev–Trinajstić information content (AvgIpc) is 3.39. The van der Waals surface area contributed by atoms with Crippen molar-refractivity contribution in [2.45, 2.75) is 0 Å². The van der Waals surface area contributed by atoms with Gasteiger partial charge in [0.2, 0.25) is 0 Å². The van der Waals surface area contributed by atoms with Gasteiger partial charge in [0.1, 0.15) is 5.69 Å². The van der Waals surface area contributed by atoms with Gasteiger partial charge in [-0.1, -0.05) is 66.7 Å². The Hall–Kier alpha value is -3.44. The number of hydrogen-bond donors (Lipinski definition) is 2. The summed E-state index contributed by atoms with van der Waals surface area (Å²) in [5.41, 5.74) is 6.84. The van der Waals surface area contributed by atoms with Crippen LogP contribution in [0.15, 0.2) is 89.3 Å². The van der Waals surface area contributed by atoms with Gasteiger partial charge in [0.25, 0.3) is 5.91 Å². The summed E-state index contributed by atoms with van der Waals surface area (Å²) in [6, 6.07) is 25.7. The molecule has 0 aliphatic carbocycles. The highest BCUT2D eigenvalue weighted by molar-refractivity contribution is 7.11. The number of carbonyl (C=O) groups excluding carboxylic acids is 1. The molecule has 27 heavy (non-hydrogen) atoms. The van der Waals surface area contributed by atoms with Gasteiger partial charge in [-0.25, -0.2) is 5.43 Å². The molecule has 4 aromatic rings. The van der Waals surface area contributed by atoms with Crippen molar-refractivity contribution in [3.05, 3.63) is 94.8 Å². The maximum absolute atomic E-state index is 12.8. The fourth-order valence-electron chi connectivity index (χ4n) is 2.83. The van der Waals surface area contributed by atoms with E-state index >= 15 is 0 Å². The van der Waals surface area contributed by atoms with Crippen LogP contribution in [0, 0.1) is 0 Å². The molecule has 0 spiro atoms. The number of aromatic nitrogens is 1. The molecule has 0 unspecified atom stereocenters. The van der Waals surface area contributed by atoms with Gasteiger partial charge in [0, 0.05) is 16.1 Å². The minimum absolute atomic E-state index is 0.274. The van der Waals surface area contributed by atoms with E-state index in [1.165, 1.54) is 0 Å². The molecule has 0 fully saturated rings. The highest BCUT2D eigenvalue weighted by Crippen LogP contribution is 2.29. The van der Waals surface area contributed by atoms with E-state index in [0.29, 0.717) is 5.69 Å². The first-order valence-corrected chi connectivity index (χ1v) is 9.40. The highest BCUT2D eigenvalue weighted by Gasteiger charge is 2.17. The third kappa shape index (κ3) is 3.88. The molecule has 2 aromatic heterocycles. The lowest BCUT2D eigenvalue weighted by atomic mass is 10.0. The number of thiophene rings is 1. The van der Waals surface area contributed by atoms with Gasteiger partial charge >= 0.3 is 0 Å². The van der Waals surface area contributed by atoms with Crippen LogP contribution in [0.5, 0.6) is 0 Å². The summed E-state index contributed by atoms with van der Waals surface area (Å²) in [5.74, 6) is -0.274. The second-order valence-corrected chi connectivity index (χ2v) is 6.90. The van der Waals surface area contributed by atoms with E-state index in [2.05, 4.69) is 15.5 Å². The second kappa shape index (κ2) is 7.85. The van der Waals surface area contributed by atoms with E-state index in [1.807, 2.05) is 84.2 Å². The van der Waals surface area contributed by atoms with Crippen LogP contribution in [-0.2, 0) is 0 Å². The predicted molar refractivity (Wildman–Crippen MR) is 111 cm³/mol. The maximum Gasteiger partial charge on any atom is 0.288 e. The first-order chi connectivity index (χ1) is 13.3. The molecule has 0 saturated heterocycles. The van der Waals surface area contributed by atoms with E-state index in [0.717, 1.165) is 27.3 Å². The van der Waals surface area contributed by atoms with E-state index < -0.39 is 0 Å². The Morgan fingerprint density at radius 1 is 0.926 bits per heavy atom. The Labute approximate surface area is 161 Å². The number of aromatic amines is 1. The third-order valence-electron chi connectivity index (χ3n) is 4.12. The summed E-state index contributed by atoms with van der Waals surface area (Å²) >= 11 is 1.56. The number of nitrogens with one attached hydrogen (secondary N) is 2. The molecule has 1 amide bonds.